The molecule has 0 fully saturated rings. The average Bonchev–Trinajstić information content (AvgIpc) is 2.92. The van der Waals surface area contributed by atoms with Crippen molar-refractivity contribution in [1.82, 2.24) is 0 Å². The Kier molecular flexibility index (Phi) is 10.8. The Bertz CT molecular complexity index is 1050. The van der Waals surface area contributed by atoms with Crippen LogP contribution in [0.4, 0.5) is 0 Å². The summed E-state index contributed by atoms with van der Waals surface area (Å²) in [4.78, 5) is 0. The van der Waals surface area contributed by atoms with E-state index >= 15 is 0 Å². The molecule has 0 spiro atoms. The van der Waals surface area contributed by atoms with Crippen molar-refractivity contribution in [3.05, 3.63) is 133 Å². The second-order valence-corrected chi connectivity index (χ2v) is 12.2. The van der Waals surface area contributed by atoms with Gasteiger partial charge in [-0.05, 0) is 79.8 Å². The van der Waals surface area contributed by atoms with Crippen molar-refractivity contribution in [3.63, 3.8) is 0 Å². The first-order valence-corrected chi connectivity index (χ1v) is 14.1. The Labute approximate surface area is 222 Å². The molecule has 0 heterocycles. The van der Waals surface area contributed by atoms with Crippen LogP contribution in [-0.2, 0) is 6.42 Å². The van der Waals surface area contributed by atoms with E-state index in [1.807, 2.05) is 12.1 Å². The van der Waals surface area contributed by atoms with Crippen LogP contribution in [0.2, 0.25) is 0 Å². The third-order valence-corrected chi connectivity index (χ3v) is 10.9. The number of hydrogen-bond acceptors (Lipinski definition) is 1. The van der Waals surface area contributed by atoms with E-state index in [0.29, 0.717) is 0 Å². The summed E-state index contributed by atoms with van der Waals surface area (Å²) >= 11 is 0. The Morgan fingerprint density at radius 2 is 1.06 bits per heavy atom. The smallest absolute Gasteiger partial charge is 0.118 e. The summed E-state index contributed by atoms with van der Waals surface area (Å²) < 4.78 is 5.25. The molecule has 0 amide bonds. The molecule has 0 radical (unpaired) electrons. The first kappa shape index (κ1) is 26.9. The van der Waals surface area contributed by atoms with E-state index in [1.54, 1.807) is 7.11 Å². The highest BCUT2D eigenvalue weighted by atomic mass is 79.9. The fourth-order valence-corrected chi connectivity index (χ4v) is 8.98. The highest BCUT2D eigenvalue weighted by Crippen LogP contribution is 2.55. The van der Waals surface area contributed by atoms with Crippen molar-refractivity contribution < 1.29 is 21.7 Å². The van der Waals surface area contributed by atoms with E-state index in [1.165, 1.54) is 34.1 Å². The number of ether oxygens (including phenoxy) is 1. The van der Waals surface area contributed by atoms with Crippen LogP contribution in [0.1, 0.15) is 24.8 Å². The molecule has 0 saturated carbocycles. The molecule has 0 saturated heterocycles. The molecule has 0 unspecified atom stereocenters. The van der Waals surface area contributed by atoms with Gasteiger partial charge in [0.05, 0.1) is 13.3 Å². The molecular formula is C32H34BrOP. The van der Waals surface area contributed by atoms with Gasteiger partial charge in [-0.15, -0.1) is 0 Å². The van der Waals surface area contributed by atoms with Gasteiger partial charge < -0.3 is 21.7 Å². The van der Waals surface area contributed by atoms with Crippen LogP contribution in [-0.4, -0.2) is 13.3 Å². The minimum Gasteiger partial charge on any atom is -1.00 e. The van der Waals surface area contributed by atoms with Crippen molar-refractivity contribution in [1.29, 1.82) is 0 Å². The zero-order valence-corrected chi connectivity index (χ0v) is 22.9. The van der Waals surface area contributed by atoms with E-state index in [4.69, 9.17) is 4.74 Å². The van der Waals surface area contributed by atoms with Crippen molar-refractivity contribution in [2.45, 2.75) is 25.7 Å². The number of benzene rings is 4. The molecule has 0 aromatic heterocycles. The molecule has 0 N–H and O–H groups in total. The number of methoxy groups -OCH3 is 1. The lowest BCUT2D eigenvalue weighted by Gasteiger charge is -2.27. The van der Waals surface area contributed by atoms with Gasteiger partial charge in [0.25, 0.3) is 0 Å². The fraction of sp³-hybridized carbons (Fsp3) is 0.188. The molecule has 4 aromatic rings. The van der Waals surface area contributed by atoms with Crippen molar-refractivity contribution in [3.8, 4) is 5.75 Å². The van der Waals surface area contributed by atoms with E-state index in [0.717, 1.165) is 25.0 Å². The molecule has 0 aliphatic rings. The van der Waals surface area contributed by atoms with Gasteiger partial charge in [-0.2, -0.15) is 0 Å². The van der Waals surface area contributed by atoms with Gasteiger partial charge in [-0.25, -0.2) is 0 Å². The molecule has 180 valence electrons. The highest BCUT2D eigenvalue weighted by Gasteiger charge is 2.44. The summed E-state index contributed by atoms with van der Waals surface area (Å²) in [5.74, 6) is 0.918. The van der Waals surface area contributed by atoms with Crippen LogP contribution in [0.5, 0.6) is 5.75 Å². The van der Waals surface area contributed by atoms with Gasteiger partial charge in [0, 0.05) is 0 Å². The van der Waals surface area contributed by atoms with Crippen LogP contribution < -0.4 is 37.6 Å². The monoisotopic (exact) mass is 544 g/mol. The fourth-order valence-electron chi connectivity index (χ4n) is 4.61. The molecule has 0 atom stereocenters. The van der Waals surface area contributed by atoms with Crippen molar-refractivity contribution in [2.75, 3.05) is 13.3 Å². The van der Waals surface area contributed by atoms with Crippen LogP contribution in [0.25, 0.3) is 0 Å². The molecule has 0 aliphatic heterocycles. The SMILES string of the molecule is COc1ccc(CC/C=C/CCC[P+](c2ccccc2)(c2ccccc2)c2ccccc2)cc1.[Br-]. The maximum absolute atomic E-state index is 5.25. The maximum Gasteiger partial charge on any atom is 0.118 e. The summed E-state index contributed by atoms with van der Waals surface area (Å²) in [6, 6.07) is 41.9. The molecular weight excluding hydrogens is 511 g/mol. The quantitative estimate of drug-likeness (QED) is 0.158. The van der Waals surface area contributed by atoms with Gasteiger partial charge >= 0.3 is 0 Å². The van der Waals surface area contributed by atoms with Crippen molar-refractivity contribution >= 4 is 23.2 Å². The predicted molar refractivity (Wildman–Crippen MR) is 150 cm³/mol. The van der Waals surface area contributed by atoms with Crippen LogP contribution >= 0.6 is 7.26 Å². The van der Waals surface area contributed by atoms with E-state index in [-0.39, 0.29) is 17.0 Å². The summed E-state index contributed by atoms with van der Waals surface area (Å²) in [5, 5.41) is 4.41. The lowest BCUT2D eigenvalue weighted by molar-refractivity contribution is -0.00000699. The third kappa shape index (κ3) is 6.94. The minimum absolute atomic E-state index is 0. The summed E-state index contributed by atoms with van der Waals surface area (Å²) in [5.41, 5.74) is 1.35. The molecule has 3 heteroatoms. The topological polar surface area (TPSA) is 9.23 Å². The zero-order chi connectivity index (χ0) is 23.5. The second kappa shape index (κ2) is 14.0. The number of allylic oxidation sites excluding steroid dienone is 2. The van der Waals surface area contributed by atoms with E-state index < -0.39 is 7.26 Å². The molecule has 4 rings (SSSR count). The molecule has 35 heavy (non-hydrogen) atoms. The third-order valence-electron chi connectivity index (χ3n) is 6.38. The van der Waals surface area contributed by atoms with Crippen LogP contribution in [0.15, 0.2) is 127 Å². The lowest BCUT2D eigenvalue weighted by Crippen LogP contribution is -3.00. The predicted octanol–water partition coefficient (Wildman–Crippen LogP) is 3.96. The highest BCUT2D eigenvalue weighted by molar-refractivity contribution is 7.95. The van der Waals surface area contributed by atoms with E-state index in [2.05, 4.69) is 115 Å². The average molecular weight is 546 g/mol. The summed E-state index contributed by atoms with van der Waals surface area (Å²) in [6.45, 7) is 0. The van der Waals surface area contributed by atoms with Gasteiger partial charge in [0.1, 0.15) is 28.9 Å². The number of rotatable bonds is 11. The largest absolute Gasteiger partial charge is 1.00 e. The van der Waals surface area contributed by atoms with Crippen LogP contribution in [0, 0.1) is 0 Å². The molecule has 1 nitrogen and oxygen atoms in total. The number of unbranched alkanes of at least 4 members (excludes halogenated alkanes) is 1. The minimum atomic E-state index is -1.71. The number of hydrogen-bond donors (Lipinski definition) is 0. The first-order valence-electron chi connectivity index (χ1n) is 12.2. The Morgan fingerprint density at radius 1 is 0.600 bits per heavy atom. The zero-order valence-electron chi connectivity index (χ0n) is 20.4. The van der Waals surface area contributed by atoms with E-state index in [9.17, 15) is 0 Å². The number of aryl methyl sites for hydroxylation is 1. The number of halogens is 1. The second-order valence-electron chi connectivity index (χ2n) is 8.54. The summed E-state index contributed by atoms with van der Waals surface area (Å²) in [7, 11) is 0.000156. The Hall–Kier alpha value is -2.67. The Balaban J connectivity index is 0.00000342. The standard InChI is InChI=1S/C32H34OP.BrH/c1-33-29-25-23-28(24-26-29)16-8-3-2-4-15-27-34(30-17-9-5-10-18-30,31-19-11-6-12-20-31)32-21-13-7-14-22-32;/h2-3,5-7,9-14,17-26H,4,8,15-16,27H2,1H3;1H/q+1;/p-1/b3-2+;. The normalized spacial score (nSPS) is 11.2. The molecule has 0 aliphatic carbocycles. The first-order chi connectivity index (χ1) is 16.8. The Morgan fingerprint density at radius 3 is 1.51 bits per heavy atom. The lowest BCUT2D eigenvalue weighted by atomic mass is 10.1. The van der Waals surface area contributed by atoms with Gasteiger partial charge in [0.2, 0.25) is 0 Å². The summed E-state index contributed by atoms with van der Waals surface area (Å²) in [6.07, 6.45) is 10.3. The maximum atomic E-state index is 5.25. The van der Waals surface area contributed by atoms with Gasteiger partial charge in [-0.3, -0.25) is 0 Å². The van der Waals surface area contributed by atoms with Gasteiger partial charge in [-0.1, -0.05) is 78.9 Å². The molecule has 4 aromatic carbocycles. The van der Waals surface area contributed by atoms with Crippen LogP contribution in [0.3, 0.4) is 0 Å². The van der Waals surface area contributed by atoms with Gasteiger partial charge in [0.15, 0.2) is 0 Å². The van der Waals surface area contributed by atoms with Crippen molar-refractivity contribution in [2.24, 2.45) is 0 Å². The molecule has 0 bridgehead atoms.